The summed E-state index contributed by atoms with van der Waals surface area (Å²) in [6, 6.07) is 34.0. The first kappa shape index (κ1) is 31.7. The van der Waals surface area contributed by atoms with Crippen LogP contribution in [-0.2, 0) is 5.41 Å². The van der Waals surface area contributed by atoms with E-state index in [1.165, 1.54) is 61.4 Å². The Morgan fingerprint density at radius 3 is 1.62 bits per heavy atom. The van der Waals surface area contributed by atoms with Gasteiger partial charge < -0.3 is 4.90 Å². The molecular formula is C47H41NO2. The fraction of sp³-hybridized carbons (Fsp3) is 0.191. The van der Waals surface area contributed by atoms with Gasteiger partial charge in [-0.3, -0.25) is 9.59 Å². The highest BCUT2D eigenvalue weighted by Gasteiger charge is 2.39. The van der Waals surface area contributed by atoms with Crippen molar-refractivity contribution in [3.05, 3.63) is 164 Å². The van der Waals surface area contributed by atoms with Gasteiger partial charge in [-0.2, -0.15) is 0 Å². The largest absolute Gasteiger partial charge is 0.309 e. The molecule has 50 heavy (non-hydrogen) atoms. The van der Waals surface area contributed by atoms with Crippen LogP contribution in [0.5, 0.6) is 0 Å². The fourth-order valence-corrected chi connectivity index (χ4v) is 8.71. The van der Waals surface area contributed by atoms with E-state index in [0.717, 1.165) is 27.6 Å². The van der Waals surface area contributed by atoms with Crippen molar-refractivity contribution in [1.82, 2.24) is 0 Å². The molecule has 0 amide bonds. The van der Waals surface area contributed by atoms with Crippen LogP contribution in [0.25, 0.3) is 28.0 Å². The second kappa shape index (κ2) is 11.2. The summed E-state index contributed by atoms with van der Waals surface area (Å²) in [6.07, 6.45) is 1.80. The van der Waals surface area contributed by atoms with Crippen molar-refractivity contribution >= 4 is 45.5 Å². The molecule has 6 aromatic carbocycles. The number of hydrogen-bond donors (Lipinski definition) is 0. The maximum atomic E-state index is 13.7. The number of nitrogens with zero attached hydrogens (tertiary/aromatic N) is 1. The minimum absolute atomic E-state index is 0.209. The summed E-state index contributed by atoms with van der Waals surface area (Å²) < 4.78 is 0. The molecule has 2 aliphatic rings. The predicted molar refractivity (Wildman–Crippen MR) is 208 cm³/mol. The lowest BCUT2D eigenvalue weighted by Crippen LogP contribution is -2.31. The second-order valence-corrected chi connectivity index (χ2v) is 15.0. The van der Waals surface area contributed by atoms with Crippen molar-refractivity contribution in [2.45, 2.75) is 60.8 Å². The molecule has 0 aromatic heterocycles. The number of hydrogen-bond acceptors (Lipinski definition) is 3. The van der Waals surface area contributed by atoms with Gasteiger partial charge in [0.1, 0.15) is 0 Å². The molecule has 0 saturated heterocycles. The SMILES string of the molecule is Cc1cc(C)c(-c2ccc3c(c2)C(C)(C)c2cc(C=C4C(=O)c5cc6ccccc6cc5C4=O)ccc2N3c2c(C)cc(C)cc2C)c(C)c1. The predicted octanol–water partition coefficient (Wildman–Crippen LogP) is 11.9. The Morgan fingerprint density at radius 2 is 1.06 bits per heavy atom. The van der Waals surface area contributed by atoms with Crippen LogP contribution in [0.3, 0.4) is 0 Å². The molecule has 3 heteroatoms. The van der Waals surface area contributed by atoms with E-state index in [2.05, 4.69) is 115 Å². The minimum Gasteiger partial charge on any atom is -0.309 e. The van der Waals surface area contributed by atoms with Crippen LogP contribution in [0.15, 0.2) is 103 Å². The second-order valence-electron chi connectivity index (χ2n) is 15.0. The maximum Gasteiger partial charge on any atom is 0.197 e. The van der Waals surface area contributed by atoms with Crippen molar-refractivity contribution in [3.8, 4) is 11.1 Å². The Hall–Kier alpha value is -5.54. The molecule has 0 N–H and O–H groups in total. The number of allylic oxidation sites excluding steroid dienone is 1. The lowest BCUT2D eigenvalue weighted by atomic mass is 9.72. The van der Waals surface area contributed by atoms with E-state index in [4.69, 9.17) is 0 Å². The number of anilines is 3. The summed E-state index contributed by atoms with van der Waals surface area (Å²) in [6.45, 7) is 17.7. The number of benzene rings is 6. The summed E-state index contributed by atoms with van der Waals surface area (Å²) in [7, 11) is 0. The van der Waals surface area contributed by atoms with Gasteiger partial charge in [-0.1, -0.05) is 85.6 Å². The maximum absolute atomic E-state index is 13.7. The average molecular weight is 652 g/mol. The Balaban J connectivity index is 1.32. The van der Waals surface area contributed by atoms with E-state index in [-0.39, 0.29) is 22.6 Å². The minimum atomic E-state index is -0.380. The number of carbonyl (C=O) groups excluding carboxylic acids is 2. The van der Waals surface area contributed by atoms with Gasteiger partial charge in [-0.25, -0.2) is 0 Å². The van der Waals surface area contributed by atoms with E-state index < -0.39 is 0 Å². The highest BCUT2D eigenvalue weighted by molar-refractivity contribution is 6.42. The topological polar surface area (TPSA) is 37.4 Å². The van der Waals surface area contributed by atoms with E-state index in [1.54, 1.807) is 6.08 Å². The number of fused-ring (bicyclic) bond motifs is 4. The number of ketones is 2. The van der Waals surface area contributed by atoms with Gasteiger partial charge in [0.2, 0.25) is 0 Å². The first-order valence-corrected chi connectivity index (χ1v) is 17.4. The van der Waals surface area contributed by atoms with Crippen molar-refractivity contribution in [2.24, 2.45) is 0 Å². The number of rotatable bonds is 3. The first-order valence-electron chi connectivity index (χ1n) is 17.4. The van der Waals surface area contributed by atoms with Gasteiger partial charge in [-0.15, -0.1) is 0 Å². The normalized spacial score (nSPS) is 14.6. The van der Waals surface area contributed by atoms with Crippen LogP contribution in [0.4, 0.5) is 17.1 Å². The standard InChI is InChI=1S/C47H41NO2/c1-26-17-28(3)43(29(4)18-26)35-14-16-42-40(25-35)47(7,8)39-22-32(13-15-41(39)48(42)44-30(5)19-27(2)20-31(44)6)21-38-45(49)36-23-33-11-9-10-12-34(33)24-37(36)46(38)50/h9-25H,1-8H3. The summed E-state index contributed by atoms with van der Waals surface area (Å²) >= 11 is 0. The van der Waals surface area contributed by atoms with Crippen LogP contribution in [0.1, 0.15) is 84.6 Å². The molecule has 6 aromatic rings. The van der Waals surface area contributed by atoms with Crippen LogP contribution < -0.4 is 4.90 Å². The summed E-state index contributed by atoms with van der Waals surface area (Å²) in [4.78, 5) is 29.9. The van der Waals surface area contributed by atoms with E-state index in [9.17, 15) is 9.59 Å². The molecule has 1 heterocycles. The quantitative estimate of drug-likeness (QED) is 0.141. The molecule has 246 valence electrons. The molecule has 1 aliphatic heterocycles. The van der Waals surface area contributed by atoms with E-state index >= 15 is 0 Å². The molecule has 0 atom stereocenters. The van der Waals surface area contributed by atoms with E-state index in [0.29, 0.717) is 11.1 Å². The molecule has 0 unspecified atom stereocenters. The molecule has 1 aliphatic carbocycles. The lowest BCUT2D eigenvalue weighted by molar-refractivity contribution is 0.0990. The summed E-state index contributed by atoms with van der Waals surface area (Å²) in [5.41, 5.74) is 17.4. The number of Topliss-reactive ketones (excluding diaryl/α,β-unsaturated/α-hetero) is 2. The molecule has 8 rings (SSSR count). The molecule has 3 nitrogen and oxygen atoms in total. The first-order chi connectivity index (χ1) is 23.8. The molecule has 0 radical (unpaired) electrons. The summed E-state index contributed by atoms with van der Waals surface area (Å²) in [5.74, 6) is -0.418. The third kappa shape index (κ3) is 4.79. The number of carbonyl (C=O) groups is 2. The van der Waals surface area contributed by atoms with Crippen molar-refractivity contribution in [2.75, 3.05) is 4.90 Å². The lowest BCUT2D eigenvalue weighted by Gasteiger charge is -2.43. The van der Waals surface area contributed by atoms with Gasteiger partial charge in [0.05, 0.1) is 22.6 Å². The number of aryl methyl sites for hydroxylation is 6. The van der Waals surface area contributed by atoms with Gasteiger partial charge in [0.15, 0.2) is 11.6 Å². The van der Waals surface area contributed by atoms with Crippen LogP contribution >= 0.6 is 0 Å². The zero-order valence-corrected chi connectivity index (χ0v) is 30.1. The fourth-order valence-electron chi connectivity index (χ4n) is 8.71. The van der Waals surface area contributed by atoms with Crippen LogP contribution in [-0.4, -0.2) is 11.6 Å². The van der Waals surface area contributed by atoms with E-state index in [1.807, 2.05) is 42.5 Å². The Bertz CT molecular complexity index is 2410. The molecule has 0 bridgehead atoms. The van der Waals surface area contributed by atoms with Crippen LogP contribution in [0.2, 0.25) is 0 Å². The smallest absolute Gasteiger partial charge is 0.197 e. The zero-order chi connectivity index (χ0) is 35.2. The highest BCUT2D eigenvalue weighted by Crippen LogP contribution is 2.54. The van der Waals surface area contributed by atoms with Gasteiger partial charge in [0.25, 0.3) is 0 Å². The Labute approximate surface area is 294 Å². The molecule has 0 spiro atoms. The van der Waals surface area contributed by atoms with Crippen molar-refractivity contribution < 1.29 is 9.59 Å². The monoisotopic (exact) mass is 651 g/mol. The third-order valence-corrected chi connectivity index (χ3v) is 10.8. The van der Waals surface area contributed by atoms with Gasteiger partial charge in [0, 0.05) is 16.5 Å². The third-order valence-electron chi connectivity index (χ3n) is 10.8. The Morgan fingerprint density at radius 1 is 0.560 bits per heavy atom. The van der Waals surface area contributed by atoms with Crippen molar-refractivity contribution in [1.29, 1.82) is 0 Å². The molecule has 0 saturated carbocycles. The highest BCUT2D eigenvalue weighted by atomic mass is 16.2. The van der Waals surface area contributed by atoms with Gasteiger partial charge in [-0.05, 0) is 145 Å². The Kier molecular flexibility index (Phi) is 7.13. The van der Waals surface area contributed by atoms with Crippen molar-refractivity contribution in [3.63, 3.8) is 0 Å². The summed E-state index contributed by atoms with van der Waals surface area (Å²) in [5, 5.41) is 1.92. The molecular weight excluding hydrogens is 611 g/mol. The average Bonchev–Trinajstić information content (AvgIpc) is 3.28. The zero-order valence-electron chi connectivity index (χ0n) is 30.1. The molecule has 0 fully saturated rings. The van der Waals surface area contributed by atoms with Crippen LogP contribution in [0, 0.1) is 41.5 Å². The van der Waals surface area contributed by atoms with Gasteiger partial charge >= 0.3 is 0 Å².